The molecule has 1 aliphatic rings. The predicted molar refractivity (Wildman–Crippen MR) is 87.3 cm³/mol. The molecule has 0 aromatic heterocycles. The van der Waals surface area contributed by atoms with Gasteiger partial charge in [0.2, 0.25) is 0 Å². The van der Waals surface area contributed by atoms with Crippen molar-refractivity contribution >= 4 is 17.4 Å². The number of thioether (sulfide) groups is 1. The first-order valence-electron chi connectivity index (χ1n) is 7.11. The molecule has 2 rings (SSSR count). The number of nitrogens with zero attached hydrogens (tertiary/aromatic N) is 1. The monoisotopic (exact) mass is 278 g/mol. The summed E-state index contributed by atoms with van der Waals surface area (Å²) in [6.45, 7) is 11.2. The number of hydrogen-bond acceptors (Lipinski definition) is 3. The van der Waals surface area contributed by atoms with Crippen molar-refractivity contribution in [2.75, 3.05) is 23.7 Å². The summed E-state index contributed by atoms with van der Waals surface area (Å²) < 4.78 is 0.342. The molecule has 1 fully saturated rings. The smallest absolute Gasteiger partial charge is 0.0400 e. The van der Waals surface area contributed by atoms with Crippen molar-refractivity contribution in [3.63, 3.8) is 0 Å². The summed E-state index contributed by atoms with van der Waals surface area (Å²) in [4.78, 5) is 2.54. The van der Waals surface area contributed by atoms with E-state index in [9.17, 15) is 0 Å². The fourth-order valence-corrected chi connectivity index (χ4v) is 3.87. The van der Waals surface area contributed by atoms with Gasteiger partial charge >= 0.3 is 0 Å². The average molecular weight is 278 g/mol. The maximum atomic E-state index is 6.00. The molecule has 1 unspecified atom stereocenters. The van der Waals surface area contributed by atoms with Crippen LogP contribution in [0.2, 0.25) is 0 Å². The highest BCUT2D eigenvalue weighted by atomic mass is 32.2. The van der Waals surface area contributed by atoms with E-state index in [4.69, 9.17) is 5.73 Å². The van der Waals surface area contributed by atoms with Gasteiger partial charge in [-0.25, -0.2) is 0 Å². The Morgan fingerprint density at radius 2 is 2.16 bits per heavy atom. The van der Waals surface area contributed by atoms with Gasteiger partial charge < -0.3 is 10.6 Å². The van der Waals surface area contributed by atoms with E-state index >= 15 is 0 Å². The van der Waals surface area contributed by atoms with Crippen LogP contribution < -0.4 is 10.6 Å². The third-order valence-electron chi connectivity index (χ3n) is 3.54. The van der Waals surface area contributed by atoms with Crippen molar-refractivity contribution in [2.45, 2.75) is 44.9 Å². The molecule has 1 atom stereocenters. The molecule has 2 N–H and O–H groups in total. The van der Waals surface area contributed by atoms with Gasteiger partial charge in [-0.05, 0) is 45.7 Å². The van der Waals surface area contributed by atoms with Crippen molar-refractivity contribution < 1.29 is 0 Å². The standard InChI is InChI=1S/C16H26N2S/c1-12-5-6-15(14(9-12)10-13(2)17)18-7-8-19-16(3,4)11-18/h5-6,9,13H,7-8,10-11,17H2,1-4H3. The van der Waals surface area contributed by atoms with Gasteiger partial charge in [0, 0.05) is 35.3 Å². The summed E-state index contributed by atoms with van der Waals surface area (Å²) in [6.07, 6.45) is 0.959. The number of hydrogen-bond donors (Lipinski definition) is 1. The molecule has 1 aromatic carbocycles. The Labute approximate surface area is 121 Å². The molecule has 0 aliphatic carbocycles. The van der Waals surface area contributed by atoms with Crippen LogP contribution in [0.3, 0.4) is 0 Å². The highest BCUT2D eigenvalue weighted by Crippen LogP contribution is 2.34. The summed E-state index contributed by atoms with van der Waals surface area (Å²) in [5.74, 6) is 1.21. The second-order valence-corrected chi connectivity index (χ2v) is 8.15. The molecule has 2 nitrogen and oxygen atoms in total. The van der Waals surface area contributed by atoms with E-state index in [0.29, 0.717) is 4.75 Å². The third-order valence-corrected chi connectivity index (χ3v) is 4.84. The van der Waals surface area contributed by atoms with E-state index in [1.54, 1.807) is 0 Å². The minimum atomic E-state index is 0.215. The summed E-state index contributed by atoms with van der Waals surface area (Å²) in [5.41, 5.74) is 10.1. The third kappa shape index (κ3) is 3.90. The number of benzene rings is 1. The predicted octanol–water partition coefficient (Wildman–Crippen LogP) is 3.22. The topological polar surface area (TPSA) is 29.3 Å². The Morgan fingerprint density at radius 3 is 2.79 bits per heavy atom. The lowest BCUT2D eigenvalue weighted by molar-refractivity contribution is 0.642. The molecule has 0 radical (unpaired) electrons. The number of nitrogens with two attached hydrogens (primary N) is 1. The highest BCUT2D eigenvalue weighted by molar-refractivity contribution is 8.00. The van der Waals surface area contributed by atoms with E-state index in [2.05, 4.69) is 62.6 Å². The molecule has 0 spiro atoms. The first kappa shape index (κ1) is 14.7. The first-order chi connectivity index (χ1) is 8.87. The van der Waals surface area contributed by atoms with Crippen LogP contribution in [-0.2, 0) is 6.42 Å². The van der Waals surface area contributed by atoms with Crippen LogP contribution in [0.1, 0.15) is 31.9 Å². The fraction of sp³-hybridized carbons (Fsp3) is 0.625. The van der Waals surface area contributed by atoms with Crippen molar-refractivity contribution in [1.82, 2.24) is 0 Å². The second kappa shape index (κ2) is 5.76. The largest absolute Gasteiger partial charge is 0.369 e. The Morgan fingerprint density at radius 1 is 1.42 bits per heavy atom. The van der Waals surface area contributed by atoms with Crippen LogP contribution in [0.15, 0.2) is 18.2 Å². The molecule has 3 heteroatoms. The molecular formula is C16H26N2S. The summed E-state index contributed by atoms with van der Waals surface area (Å²) in [5, 5.41) is 0. The second-order valence-electron chi connectivity index (χ2n) is 6.34. The number of rotatable bonds is 3. The minimum Gasteiger partial charge on any atom is -0.369 e. The molecule has 1 saturated heterocycles. The quantitative estimate of drug-likeness (QED) is 0.920. The summed E-state index contributed by atoms with van der Waals surface area (Å²) >= 11 is 2.08. The Balaban J connectivity index is 2.27. The Kier molecular flexibility index (Phi) is 4.46. The van der Waals surface area contributed by atoms with Gasteiger partial charge in [-0.1, -0.05) is 17.7 Å². The molecular weight excluding hydrogens is 252 g/mol. The molecule has 1 aliphatic heterocycles. The van der Waals surface area contributed by atoms with Gasteiger partial charge in [-0.2, -0.15) is 11.8 Å². The zero-order valence-electron chi connectivity index (χ0n) is 12.6. The molecule has 0 bridgehead atoms. The maximum Gasteiger partial charge on any atom is 0.0400 e. The zero-order valence-corrected chi connectivity index (χ0v) is 13.4. The Bertz CT molecular complexity index is 440. The minimum absolute atomic E-state index is 0.215. The lowest BCUT2D eigenvalue weighted by atomic mass is 10.0. The van der Waals surface area contributed by atoms with Gasteiger partial charge in [-0.15, -0.1) is 0 Å². The van der Waals surface area contributed by atoms with Gasteiger partial charge in [0.15, 0.2) is 0 Å². The van der Waals surface area contributed by atoms with Crippen molar-refractivity contribution in [1.29, 1.82) is 0 Å². The first-order valence-corrected chi connectivity index (χ1v) is 8.10. The van der Waals surface area contributed by atoms with Crippen LogP contribution >= 0.6 is 11.8 Å². The number of aryl methyl sites for hydroxylation is 1. The van der Waals surface area contributed by atoms with Gasteiger partial charge in [0.25, 0.3) is 0 Å². The molecule has 0 amide bonds. The van der Waals surface area contributed by atoms with Crippen molar-refractivity contribution in [3.05, 3.63) is 29.3 Å². The maximum absolute atomic E-state index is 6.00. The van der Waals surface area contributed by atoms with E-state index in [-0.39, 0.29) is 6.04 Å². The SMILES string of the molecule is Cc1ccc(N2CCSC(C)(C)C2)c(CC(C)N)c1. The molecule has 19 heavy (non-hydrogen) atoms. The van der Waals surface area contributed by atoms with E-state index in [1.165, 1.54) is 22.6 Å². The van der Waals surface area contributed by atoms with Crippen LogP contribution in [0, 0.1) is 6.92 Å². The van der Waals surface area contributed by atoms with E-state index < -0.39 is 0 Å². The number of anilines is 1. The van der Waals surface area contributed by atoms with Crippen LogP contribution in [-0.4, -0.2) is 29.6 Å². The Hall–Kier alpha value is -0.670. The molecule has 106 valence electrons. The van der Waals surface area contributed by atoms with Crippen molar-refractivity contribution in [3.8, 4) is 0 Å². The lowest BCUT2D eigenvalue weighted by Gasteiger charge is -2.40. The van der Waals surface area contributed by atoms with E-state index in [0.717, 1.165) is 19.5 Å². The fourth-order valence-electron chi connectivity index (χ4n) is 2.76. The summed E-state index contributed by atoms with van der Waals surface area (Å²) in [6, 6.07) is 7.01. The van der Waals surface area contributed by atoms with E-state index in [1.807, 2.05) is 0 Å². The van der Waals surface area contributed by atoms with Crippen LogP contribution in [0.4, 0.5) is 5.69 Å². The van der Waals surface area contributed by atoms with Crippen LogP contribution in [0.25, 0.3) is 0 Å². The van der Waals surface area contributed by atoms with Gasteiger partial charge in [-0.3, -0.25) is 0 Å². The average Bonchev–Trinajstić information content (AvgIpc) is 2.26. The summed E-state index contributed by atoms with van der Waals surface area (Å²) in [7, 11) is 0. The van der Waals surface area contributed by atoms with Crippen molar-refractivity contribution in [2.24, 2.45) is 5.73 Å². The van der Waals surface area contributed by atoms with Gasteiger partial charge in [0.05, 0.1) is 0 Å². The highest BCUT2D eigenvalue weighted by Gasteiger charge is 2.28. The lowest BCUT2D eigenvalue weighted by Crippen LogP contribution is -2.43. The van der Waals surface area contributed by atoms with Crippen LogP contribution in [0.5, 0.6) is 0 Å². The van der Waals surface area contributed by atoms with Gasteiger partial charge in [0.1, 0.15) is 0 Å². The molecule has 1 heterocycles. The zero-order chi connectivity index (χ0) is 14.0. The molecule has 1 aromatic rings. The molecule has 0 saturated carbocycles. The normalized spacial score (nSPS) is 20.4.